The summed E-state index contributed by atoms with van der Waals surface area (Å²) in [5.74, 6) is -0.400. The molecule has 5 heteroatoms. The van der Waals surface area contributed by atoms with E-state index in [-0.39, 0.29) is 12.8 Å². The first kappa shape index (κ1) is 12.4. The molecule has 0 saturated carbocycles. The van der Waals surface area contributed by atoms with Gasteiger partial charge in [0.05, 0.1) is 12.4 Å². The van der Waals surface area contributed by atoms with Crippen molar-refractivity contribution in [1.82, 2.24) is 4.90 Å². The zero-order valence-corrected chi connectivity index (χ0v) is 9.49. The van der Waals surface area contributed by atoms with Crippen molar-refractivity contribution in [2.45, 2.75) is 18.7 Å². The number of carbonyl (C=O) groups excluding carboxylic acids is 2. The fourth-order valence-electron chi connectivity index (χ4n) is 2.12. The lowest BCUT2D eigenvalue weighted by Crippen LogP contribution is -2.37. The van der Waals surface area contributed by atoms with Crippen molar-refractivity contribution in [3.8, 4) is 0 Å². The van der Waals surface area contributed by atoms with Gasteiger partial charge in [0.15, 0.2) is 6.23 Å². The van der Waals surface area contributed by atoms with Gasteiger partial charge in [-0.25, -0.2) is 4.39 Å². The quantitative estimate of drug-likeness (QED) is 0.824. The van der Waals surface area contributed by atoms with E-state index in [1.807, 2.05) is 0 Å². The molecular weight excluding hydrogens is 237 g/mol. The number of nitrogens with zero attached hydrogens (tertiary/aromatic N) is 1. The van der Waals surface area contributed by atoms with Crippen molar-refractivity contribution in [2.75, 3.05) is 0 Å². The molecule has 0 saturated heterocycles. The molecule has 2 rings (SSSR count). The molecule has 0 bridgehead atoms. The maximum Gasteiger partial charge on any atom is 0.257 e. The lowest BCUT2D eigenvalue weighted by molar-refractivity contribution is -0.109. The van der Waals surface area contributed by atoms with E-state index in [0.717, 1.165) is 11.0 Å². The lowest BCUT2D eigenvalue weighted by atomic mass is 10.1. The Labute approximate surface area is 103 Å². The molecule has 18 heavy (non-hydrogen) atoms. The highest BCUT2D eigenvalue weighted by Crippen LogP contribution is 2.33. The first-order valence-corrected chi connectivity index (χ1v) is 5.51. The third-order valence-electron chi connectivity index (χ3n) is 2.96. The molecule has 0 aromatic heterocycles. The summed E-state index contributed by atoms with van der Waals surface area (Å²) in [5.41, 5.74) is 0.860. The molecule has 0 spiro atoms. The first-order chi connectivity index (χ1) is 8.70. The molecule has 1 unspecified atom stereocenters. The normalized spacial score (nSPS) is 20.2. The van der Waals surface area contributed by atoms with Crippen LogP contribution in [-0.2, 0) is 4.79 Å². The highest BCUT2D eigenvalue weighted by molar-refractivity contribution is 5.99. The molecule has 1 aromatic carbocycles. The number of carbonyl (C=O) groups is 2. The largest absolute Gasteiger partial charge is 0.369 e. The average Bonchev–Trinajstić information content (AvgIpc) is 2.63. The SMILES string of the molecule is O=CC[C@@H](/C=C\F)N1C(=O)c2ccccc2C1O. The van der Waals surface area contributed by atoms with Crippen LogP contribution >= 0.6 is 0 Å². The second-order valence-corrected chi connectivity index (χ2v) is 3.96. The number of hydrogen-bond donors (Lipinski definition) is 1. The highest BCUT2D eigenvalue weighted by atomic mass is 19.1. The Morgan fingerprint density at radius 3 is 2.78 bits per heavy atom. The van der Waals surface area contributed by atoms with E-state index in [0.29, 0.717) is 17.4 Å². The van der Waals surface area contributed by atoms with Gasteiger partial charge in [0.25, 0.3) is 5.91 Å². The number of amides is 1. The number of aliphatic hydroxyl groups excluding tert-OH is 1. The van der Waals surface area contributed by atoms with Gasteiger partial charge in [-0.15, -0.1) is 0 Å². The van der Waals surface area contributed by atoms with E-state index < -0.39 is 18.2 Å². The minimum atomic E-state index is -1.14. The van der Waals surface area contributed by atoms with E-state index in [1.165, 1.54) is 0 Å². The van der Waals surface area contributed by atoms with Crippen LogP contribution < -0.4 is 0 Å². The van der Waals surface area contributed by atoms with E-state index >= 15 is 0 Å². The molecule has 0 fully saturated rings. The van der Waals surface area contributed by atoms with Crippen LogP contribution in [0.1, 0.15) is 28.6 Å². The standard InChI is InChI=1S/C13H12FNO3/c14-7-5-9(6-8-16)15-12(17)10-3-1-2-4-11(10)13(15)18/h1-5,7-9,12,17H,6H2/b7-5-/t9-,12?/m1/s1. The van der Waals surface area contributed by atoms with Gasteiger partial charge in [0.2, 0.25) is 0 Å². The monoisotopic (exact) mass is 249 g/mol. The molecule has 1 aliphatic rings. The number of aliphatic hydroxyl groups is 1. The van der Waals surface area contributed by atoms with Crippen LogP contribution in [0.25, 0.3) is 0 Å². The number of hydrogen-bond acceptors (Lipinski definition) is 3. The van der Waals surface area contributed by atoms with Gasteiger partial charge >= 0.3 is 0 Å². The third-order valence-corrected chi connectivity index (χ3v) is 2.96. The Kier molecular flexibility index (Phi) is 3.53. The van der Waals surface area contributed by atoms with Gasteiger partial charge in [-0.2, -0.15) is 0 Å². The molecule has 2 atom stereocenters. The van der Waals surface area contributed by atoms with Crippen LogP contribution in [0.3, 0.4) is 0 Å². The molecule has 1 aromatic rings. The molecule has 1 N–H and O–H groups in total. The van der Waals surface area contributed by atoms with Crippen molar-refractivity contribution in [3.05, 3.63) is 47.8 Å². The predicted octanol–water partition coefficient (Wildman–Crippen LogP) is 1.57. The van der Waals surface area contributed by atoms with Crippen LogP contribution in [0.4, 0.5) is 4.39 Å². The number of aldehydes is 1. The molecule has 0 radical (unpaired) electrons. The van der Waals surface area contributed by atoms with Crippen LogP contribution in [0, 0.1) is 0 Å². The minimum Gasteiger partial charge on any atom is -0.369 e. The Bertz CT molecular complexity index is 501. The average molecular weight is 249 g/mol. The number of halogens is 1. The number of benzene rings is 1. The summed E-state index contributed by atoms with van der Waals surface area (Å²) in [6, 6.07) is 5.85. The second kappa shape index (κ2) is 5.10. The van der Waals surface area contributed by atoms with Crippen LogP contribution in [-0.4, -0.2) is 28.2 Å². The van der Waals surface area contributed by atoms with E-state index in [4.69, 9.17) is 0 Å². The van der Waals surface area contributed by atoms with Crippen LogP contribution in [0.15, 0.2) is 36.7 Å². The lowest BCUT2D eigenvalue weighted by Gasteiger charge is -2.27. The topological polar surface area (TPSA) is 57.6 Å². The highest BCUT2D eigenvalue weighted by Gasteiger charge is 2.38. The summed E-state index contributed by atoms with van der Waals surface area (Å²) in [6.45, 7) is 0. The fourth-order valence-corrected chi connectivity index (χ4v) is 2.12. The molecule has 94 valence electrons. The zero-order chi connectivity index (χ0) is 13.1. The zero-order valence-electron chi connectivity index (χ0n) is 9.49. The second-order valence-electron chi connectivity index (χ2n) is 3.96. The van der Waals surface area contributed by atoms with Gasteiger partial charge in [-0.1, -0.05) is 18.2 Å². The molecule has 0 aliphatic carbocycles. The van der Waals surface area contributed by atoms with Crippen LogP contribution in [0.2, 0.25) is 0 Å². The minimum absolute atomic E-state index is 0.0583. The van der Waals surface area contributed by atoms with Crippen LogP contribution in [0.5, 0.6) is 0 Å². The number of rotatable bonds is 4. The van der Waals surface area contributed by atoms with Gasteiger partial charge in [-0.05, 0) is 12.1 Å². The van der Waals surface area contributed by atoms with Gasteiger partial charge in [0, 0.05) is 17.5 Å². The van der Waals surface area contributed by atoms with Gasteiger partial charge in [-0.3, -0.25) is 4.79 Å². The van der Waals surface area contributed by atoms with E-state index in [9.17, 15) is 19.1 Å². The smallest absolute Gasteiger partial charge is 0.257 e. The Morgan fingerprint density at radius 1 is 1.44 bits per heavy atom. The summed E-state index contributed by atoms with van der Waals surface area (Å²) in [6.07, 6.45) is 0.749. The van der Waals surface area contributed by atoms with Crippen molar-refractivity contribution in [1.29, 1.82) is 0 Å². The summed E-state index contributed by atoms with van der Waals surface area (Å²) < 4.78 is 12.3. The van der Waals surface area contributed by atoms with Crippen molar-refractivity contribution in [3.63, 3.8) is 0 Å². The first-order valence-electron chi connectivity index (χ1n) is 5.51. The maximum atomic E-state index is 12.3. The maximum absolute atomic E-state index is 12.3. The summed E-state index contributed by atoms with van der Waals surface area (Å²) >= 11 is 0. The summed E-state index contributed by atoms with van der Waals surface area (Å²) in [4.78, 5) is 23.8. The molecule has 1 heterocycles. The van der Waals surface area contributed by atoms with Gasteiger partial charge in [0.1, 0.15) is 6.29 Å². The third kappa shape index (κ3) is 1.93. The fraction of sp³-hybridized carbons (Fsp3) is 0.231. The van der Waals surface area contributed by atoms with E-state index in [2.05, 4.69) is 0 Å². The molecular formula is C13H12FNO3. The molecule has 1 amide bonds. The predicted molar refractivity (Wildman–Crippen MR) is 62.3 cm³/mol. The van der Waals surface area contributed by atoms with Crippen molar-refractivity contribution >= 4 is 12.2 Å². The van der Waals surface area contributed by atoms with Crippen molar-refractivity contribution < 1.29 is 19.1 Å². The van der Waals surface area contributed by atoms with E-state index in [1.54, 1.807) is 24.3 Å². The Hall–Kier alpha value is -2.01. The summed E-state index contributed by atoms with van der Waals surface area (Å²) in [7, 11) is 0. The van der Waals surface area contributed by atoms with Gasteiger partial charge < -0.3 is 14.8 Å². The van der Waals surface area contributed by atoms with Crippen molar-refractivity contribution in [2.24, 2.45) is 0 Å². The molecule has 1 aliphatic heterocycles. The number of fused-ring (bicyclic) bond motifs is 1. The Morgan fingerprint density at radius 2 is 2.17 bits per heavy atom. The molecule has 4 nitrogen and oxygen atoms in total. The Balaban J connectivity index is 2.37. The summed E-state index contributed by atoms with van der Waals surface area (Å²) in [5, 5.41) is 10.1.